The summed E-state index contributed by atoms with van der Waals surface area (Å²) in [5.74, 6) is -2.40. The van der Waals surface area contributed by atoms with E-state index < -0.39 is 41.9 Å². The highest BCUT2D eigenvalue weighted by Gasteiger charge is 2.41. The molecule has 1 aliphatic rings. The number of amides is 2. The maximum absolute atomic E-state index is 13.3. The second-order valence-electron chi connectivity index (χ2n) is 12.2. The summed E-state index contributed by atoms with van der Waals surface area (Å²) in [4.78, 5) is 62.7. The molecule has 0 fully saturated rings. The van der Waals surface area contributed by atoms with Gasteiger partial charge in [-0.3, -0.25) is 24.1 Å². The molecule has 2 heterocycles. The predicted octanol–water partition coefficient (Wildman–Crippen LogP) is 7.91. The number of hydrogen-bond donors (Lipinski definition) is 1. The summed E-state index contributed by atoms with van der Waals surface area (Å²) in [6, 6.07) is 4.83. The van der Waals surface area contributed by atoms with Crippen molar-refractivity contribution in [3.63, 3.8) is 0 Å². The minimum absolute atomic E-state index is 0.0146. The molecule has 4 rings (SSSR count). The Morgan fingerprint density at radius 2 is 1.47 bits per heavy atom. The highest BCUT2D eigenvalue weighted by molar-refractivity contribution is 6.55. The van der Waals surface area contributed by atoms with Gasteiger partial charge < -0.3 is 19.1 Å². The number of nitrogens with zero attached hydrogens (tertiary/aromatic N) is 2. The summed E-state index contributed by atoms with van der Waals surface area (Å²) in [6.45, 7) is 9.76. The molecule has 0 aliphatic carbocycles. The van der Waals surface area contributed by atoms with E-state index in [2.05, 4.69) is 0 Å². The summed E-state index contributed by atoms with van der Waals surface area (Å²) in [6.07, 6.45) is 0.610. The predicted molar refractivity (Wildman–Crippen MR) is 176 cm³/mol. The molecule has 0 spiro atoms. The smallest absolute Gasteiger partial charge is 0.305 e. The average molecular weight is 732 g/mol. The van der Waals surface area contributed by atoms with E-state index in [-0.39, 0.29) is 62.3 Å². The van der Waals surface area contributed by atoms with Gasteiger partial charge in [-0.2, -0.15) is 0 Å². The second kappa shape index (κ2) is 14.6. The zero-order valence-electron chi connectivity index (χ0n) is 26.5. The van der Waals surface area contributed by atoms with Crippen LogP contribution in [-0.4, -0.2) is 56.8 Å². The number of phenolic OH excluding ortho intramolecular Hbond substituents is 1. The third-order valence-electron chi connectivity index (χ3n) is 7.31. The molecule has 15 heteroatoms. The lowest BCUT2D eigenvalue weighted by molar-refractivity contribution is -0.399. The zero-order valence-corrected chi connectivity index (χ0v) is 29.5. The molecule has 2 aromatic carbocycles. The van der Waals surface area contributed by atoms with E-state index in [9.17, 15) is 24.3 Å². The maximum Gasteiger partial charge on any atom is 0.305 e. The van der Waals surface area contributed by atoms with Crippen molar-refractivity contribution in [3.05, 3.63) is 61.2 Å². The van der Waals surface area contributed by atoms with Gasteiger partial charge in [0.25, 0.3) is 11.8 Å². The van der Waals surface area contributed by atoms with Gasteiger partial charge in [0.2, 0.25) is 6.29 Å². The Kier molecular flexibility index (Phi) is 11.4. The van der Waals surface area contributed by atoms with Gasteiger partial charge in [-0.25, -0.2) is 9.78 Å². The number of halogens is 4. The van der Waals surface area contributed by atoms with E-state index >= 15 is 0 Å². The summed E-state index contributed by atoms with van der Waals surface area (Å²) >= 11 is 24.9. The number of fused-ring (bicyclic) bond motifs is 2. The van der Waals surface area contributed by atoms with Crippen molar-refractivity contribution in [2.45, 2.75) is 78.9 Å². The first kappa shape index (κ1) is 36.8. The van der Waals surface area contributed by atoms with Crippen molar-refractivity contribution >= 4 is 81.1 Å². The highest BCUT2D eigenvalue weighted by Crippen LogP contribution is 2.45. The first-order valence-electron chi connectivity index (χ1n) is 14.6. The van der Waals surface area contributed by atoms with Gasteiger partial charge in [-0.15, -0.1) is 0 Å². The molecule has 0 radical (unpaired) electrons. The molecule has 254 valence electrons. The Labute approximate surface area is 291 Å². The monoisotopic (exact) mass is 730 g/mol. The minimum Gasteiger partial charge on any atom is -0.508 e. The number of benzene rings is 2. The summed E-state index contributed by atoms with van der Waals surface area (Å²) in [7, 11) is 0. The van der Waals surface area contributed by atoms with Crippen LogP contribution in [0.25, 0.3) is 10.9 Å². The number of ether oxygens (including phenoxy) is 2. The molecular formula is C32H34Cl4N2O9. The van der Waals surface area contributed by atoms with E-state index in [1.54, 1.807) is 32.2 Å². The van der Waals surface area contributed by atoms with Crippen LogP contribution in [0.3, 0.4) is 0 Å². The van der Waals surface area contributed by atoms with Gasteiger partial charge in [-0.05, 0) is 56.4 Å². The fourth-order valence-electron chi connectivity index (χ4n) is 5.28. The largest absolute Gasteiger partial charge is 0.508 e. The fourth-order valence-corrected chi connectivity index (χ4v) is 6.30. The lowest BCUT2D eigenvalue weighted by atomic mass is 10.1. The third kappa shape index (κ3) is 8.16. The van der Waals surface area contributed by atoms with Gasteiger partial charge in [0.15, 0.2) is 6.23 Å². The average Bonchev–Trinajstić information content (AvgIpc) is 3.43. The molecule has 3 aromatic rings. The quantitative estimate of drug-likeness (QED) is 0.0354. The molecule has 0 bridgehead atoms. The summed E-state index contributed by atoms with van der Waals surface area (Å²) in [5.41, 5.74) is 0.0999. The Morgan fingerprint density at radius 1 is 0.915 bits per heavy atom. The molecule has 1 unspecified atom stereocenters. The van der Waals surface area contributed by atoms with Crippen molar-refractivity contribution < 1.29 is 43.5 Å². The highest BCUT2D eigenvalue weighted by atomic mass is 35.5. The van der Waals surface area contributed by atoms with Gasteiger partial charge in [0, 0.05) is 32.0 Å². The number of carbonyl (C=O) groups excluding carboxylic acids is 4. The van der Waals surface area contributed by atoms with E-state index in [4.69, 9.17) is 65.7 Å². The van der Waals surface area contributed by atoms with Crippen molar-refractivity contribution in [1.29, 1.82) is 0 Å². The Hall–Kier alpha value is -3.06. The number of aromatic nitrogens is 1. The van der Waals surface area contributed by atoms with E-state index in [0.717, 1.165) is 4.90 Å². The lowest BCUT2D eigenvalue weighted by Crippen LogP contribution is -2.35. The van der Waals surface area contributed by atoms with E-state index in [1.807, 2.05) is 18.4 Å². The minimum atomic E-state index is -1.19. The van der Waals surface area contributed by atoms with Gasteiger partial charge >= 0.3 is 11.9 Å². The van der Waals surface area contributed by atoms with E-state index in [1.165, 1.54) is 19.9 Å². The Bertz CT molecular complexity index is 1670. The number of rotatable bonds is 13. The zero-order chi connectivity index (χ0) is 35.0. The molecule has 0 saturated carbocycles. The summed E-state index contributed by atoms with van der Waals surface area (Å²) in [5, 5.41) is 10.5. The summed E-state index contributed by atoms with van der Waals surface area (Å²) < 4.78 is 12.1. The number of esters is 2. The first-order chi connectivity index (χ1) is 21.9. The second-order valence-corrected chi connectivity index (χ2v) is 13.7. The number of carbonyl (C=O) groups is 4. The Morgan fingerprint density at radius 3 is 1.98 bits per heavy atom. The molecule has 2 amide bonds. The molecule has 1 aliphatic heterocycles. The van der Waals surface area contributed by atoms with Crippen LogP contribution in [0.2, 0.25) is 20.1 Å². The molecular weight excluding hydrogens is 698 g/mol. The third-order valence-corrected chi connectivity index (χ3v) is 9.11. The standard InChI is InChI=1S/C32H34Cl4N2O9/c1-15(2)11-22(46-47-32(5,6)13-23(44-16(3)39)45-17(4)40)38-14-18(20-12-19(41)7-8-21(20)38)9-10-37-30(42)24-25(31(37)43)27(34)29(36)28(35)26(24)33/h7-8,12,14-15,22-23,41H,9-11,13H2,1-6H3. The molecule has 1 N–H and O–H groups in total. The topological polar surface area (TPSA) is 134 Å². The van der Waals surface area contributed by atoms with Crippen LogP contribution in [0.1, 0.15) is 86.9 Å². The van der Waals surface area contributed by atoms with E-state index in [0.29, 0.717) is 22.9 Å². The normalized spacial score (nSPS) is 14.0. The molecule has 47 heavy (non-hydrogen) atoms. The van der Waals surface area contributed by atoms with Crippen LogP contribution < -0.4 is 0 Å². The number of phenols is 1. The van der Waals surface area contributed by atoms with Crippen molar-refractivity contribution in [3.8, 4) is 5.75 Å². The lowest BCUT2D eigenvalue weighted by Gasteiger charge is -2.30. The van der Waals surface area contributed by atoms with Gasteiger partial charge in [0.05, 0.1) is 43.2 Å². The number of hydrogen-bond acceptors (Lipinski definition) is 9. The molecule has 11 nitrogen and oxygen atoms in total. The fraction of sp³-hybridized carbons (Fsp3) is 0.438. The van der Waals surface area contributed by atoms with Gasteiger partial charge in [0.1, 0.15) is 11.4 Å². The van der Waals surface area contributed by atoms with Crippen LogP contribution in [0.15, 0.2) is 24.4 Å². The van der Waals surface area contributed by atoms with Gasteiger partial charge in [-0.1, -0.05) is 60.3 Å². The molecule has 1 aromatic heterocycles. The number of imide groups is 1. The number of aromatic hydroxyl groups is 1. The maximum atomic E-state index is 13.3. The van der Waals surface area contributed by atoms with Crippen LogP contribution in [0, 0.1) is 5.92 Å². The SMILES string of the molecule is CC(=O)OC(CC(C)(C)OOC(CC(C)C)n1cc(CCN2C(=O)c3c(Cl)c(Cl)c(Cl)c(Cl)c3C2=O)c2cc(O)ccc21)OC(C)=O. The van der Waals surface area contributed by atoms with Crippen LogP contribution in [0.5, 0.6) is 5.75 Å². The van der Waals surface area contributed by atoms with Crippen LogP contribution in [-0.2, 0) is 35.3 Å². The Balaban J connectivity index is 1.61. The first-order valence-corrected chi connectivity index (χ1v) is 16.2. The molecule has 0 saturated heterocycles. The van der Waals surface area contributed by atoms with Crippen molar-refractivity contribution in [2.24, 2.45) is 5.92 Å². The van der Waals surface area contributed by atoms with Crippen molar-refractivity contribution in [2.75, 3.05) is 6.54 Å². The van der Waals surface area contributed by atoms with Crippen LogP contribution >= 0.6 is 46.4 Å². The van der Waals surface area contributed by atoms with Crippen molar-refractivity contribution in [1.82, 2.24) is 9.47 Å². The molecule has 1 atom stereocenters. The van der Waals surface area contributed by atoms with Crippen LogP contribution in [0.4, 0.5) is 0 Å².